The minimum absolute atomic E-state index is 0.0792. The van der Waals surface area contributed by atoms with Crippen LogP contribution in [0, 0.1) is 0 Å². The Kier molecular flexibility index (Phi) is 5.34. The molecule has 0 aliphatic rings. The molecular formula is C16H12Cl2O2S. The predicted molar refractivity (Wildman–Crippen MR) is 89.7 cm³/mol. The van der Waals surface area contributed by atoms with Crippen LogP contribution in [0.1, 0.15) is 15.9 Å². The molecule has 21 heavy (non-hydrogen) atoms. The van der Waals surface area contributed by atoms with Crippen LogP contribution in [0.2, 0.25) is 10.0 Å². The Morgan fingerprint density at radius 1 is 1.10 bits per heavy atom. The van der Waals surface area contributed by atoms with E-state index in [1.54, 1.807) is 36.0 Å². The Balaban J connectivity index is 2.20. The fourth-order valence-corrected chi connectivity index (χ4v) is 2.50. The van der Waals surface area contributed by atoms with E-state index in [1.807, 2.05) is 18.4 Å². The molecule has 0 spiro atoms. The van der Waals surface area contributed by atoms with Gasteiger partial charge in [0.05, 0.1) is 5.02 Å². The number of carbonyl (C=O) groups excluding carboxylic acids is 1. The number of ketones is 1. The number of benzene rings is 2. The Morgan fingerprint density at radius 3 is 2.38 bits per heavy atom. The van der Waals surface area contributed by atoms with E-state index in [-0.39, 0.29) is 21.6 Å². The summed E-state index contributed by atoms with van der Waals surface area (Å²) >= 11 is 13.5. The van der Waals surface area contributed by atoms with E-state index in [0.29, 0.717) is 11.1 Å². The number of carbonyl (C=O) groups is 1. The minimum Gasteiger partial charge on any atom is -0.506 e. The maximum atomic E-state index is 12.1. The molecule has 5 heteroatoms. The molecule has 0 fully saturated rings. The molecule has 0 atom stereocenters. The first-order valence-corrected chi connectivity index (χ1v) is 8.04. The van der Waals surface area contributed by atoms with Gasteiger partial charge in [-0.1, -0.05) is 23.2 Å². The van der Waals surface area contributed by atoms with E-state index < -0.39 is 0 Å². The molecule has 0 heterocycles. The van der Waals surface area contributed by atoms with Crippen LogP contribution in [0.3, 0.4) is 0 Å². The average Bonchev–Trinajstić information content (AvgIpc) is 2.52. The molecule has 0 bridgehead atoms. The van der Waals surface area contributed by atoms with Crippen molar-refractivity contribution < 1.29 is 9.90 Å². The highest BCUT2D eigenvalue weighted by Gasteiger charge is 2.08. The normalized spacial score (nSPS) is 11.0. The molecule has 2 aromatic carbocycles. The van der Waals surface area contributed by atoms with E-state index in [0.717, 1.165) is 4.90 Å². The summed E-state index contributed by atoms with van der Waals surface area (Å²) in [7, 11) is 0. The van der Waals surface area contributed by atoms with Crippen LogP contribution in [0.5, 0.6) is 5.75 Å². The molecule has 2 nitrogen and oxygen atoms in total. The lowest BCUT2D eigenvalue weighted by molar-refractivity contribution is 0.104. The summed E-state index contributed by atoms with van der Waals surface area (Å²) in [5.74, 6) is -0.208. The van der Waals surface area contributed by atoms with E-state index in [9.17, 15) is 9.90 Å². The van der Waals surface area contributed by atoms with Gasteiger partial charge in [-0.05, 0) is 60.4 Å². The zero-order chi connectivity index (χ0) is 15.4. The van der Waals surface area contributed by atoms with Crippen molar-refractivity contribution in [3.05, 3.63) is 63.6 Å². The molecule has 0 amide bonds. The second-order valence-electron chi connectivity index (χ2n) is 4.23. The number of allylic oxidation sites excluding steroid dienone is 1. The van der Waals surface area contributed by atoms with Crippen LogP contribution in [-0.2, 0) is 0 Å². The summed E-state index contributed by atoms with van der Waals surface area (Å²) in [6.07, 6.45) is 4.99. The van der Waals surface area contributed by atoms with Crippen molar-refractivity contribution in [2.75, 3.05) is 6.26 Å². The summed E-state index contributed by atoms with van der Waals surface area (Å²) in [6, 6.07) is 10.4. The number of thioether (sulfide) groups is 1. The topological polar surface area (TPSA) is 37.3 Å². The van der Waals surface area contributed by atoms with Crippen LogP contribution >= 0.6 is 35.0 Å². The van der Waals surface area contributed by atoms with Crippen LogP contribution in [-0.4, -0.2) is 17.1 Å². The van der Waals surface area contributed by atoms with Crippen molar-refractivity contribution in [1.82, 2.24) is 0 Å². The highest BCUT2D eigenvalue weighted by Crippen LogP contribution is 2.34. The Morgan fingerprint density at radius 2 is 1.76 bits per heavy atom. The molecule has 0 saturated carbocycles. The molecular weight excluding hydrogens is 327 g/mol. The predicted octanol–water partition coefficient (Wildman–Crippen LogP) is 5.32. The summed E-state index contributed by atoms with van der Waals surface area (Å²) in [6.45, 7) is 0. The maximum absolute atomic E-state index is 12.1. The third kappa shape index (κ3) is 3.82. The van der Waals surface area contributed by atoms with Gasteiger partial charge in [0.2, 0.25) is 0 Å². The number of hydrogen-bond donors (Lipinski definition) is 1. The number of phenolic OH excluding ortho intramolecular Hbond substituents is 1. The van der Waals surface area contributed by atoms with Gasteiger partial charge < -0.3 is 5.11 Å². The Labute approximate surface area is 137 Å². The Hall–Kier alpha value is -1.42. The largest absolute Gasteiger partial charge is 0.506 e. The summed E-state index contributed by atoms with van der Waals surface area (Å²) in [4.78, 5) is 13.2. The van der Waals surface area contributed by atoms with Gasteiger partial charge in [0, 0.05) is 10.5 Å². The molecule has 108 valence electrons. The molecule has 2 rings (SSSR count). The first kappa shape index (κ1) is 16.0. The third-order valence-electron chi connectivity index (χ3n) is 2.88. The summed E-state index contributed by atoms with van der Waals surface area (Å²) in [5.41, 5.74) is 1.18. The van der Waals surface area contributed by atoms with Crippen molar-refractivity contribution >= 4 is 46.8 Å². The zero-order valence-corrected chi connectivity index (χ0v) is 13.5. The van der Waals surface area contributed by atoms with E-state index in [2.05, 4.69) is 0 Å². The van der Waals surface area contributed by atoms with Crippen LogP contribution in [0.15, 0.2) is 47.4 Å². The molecule has 2 aromatic rings. The van der Waals surface area contributed by atoms with Gasteiger partial charge in [-0.2, -0.15) is 0 Å². The number of halogens is 2. The first-order valence-electron chi connectivity index (χ1n) is 6.06. The number of hydrogen-bond acceptors (Lipinski definition) is 3. The van der Waals surface area contributed by atoms with E-state index in [4.69, 9.17) is 23.2 Å². The minimum atomic E-state index is -0.122. The van der Waals surface area contributed by atoms with E-state index in [1.165, 1.54) is 12.1 Å². The maximum Gasteiger partial charge on any atom is 0.185 e. The molecule has 0 aromatic heterocycles. The van der Waals surface area contributed by atoms with Crippen molar-refractivity contribution in [2.24, 2.45) is 0 Å². The van der Waals surface area contributed by atoms with Crippen LogP contribution < -0.4 is 0 Å². The lowest BCUT2D eigenvalue weighted by atomic mass is 10.1. The summed E-state index contributed by atoms with van der Waals surface area (Å²) < 4.78 is 0. The number of aromatic hydroxyl groups is 1. The van der Waals surface area contributed by atoms with Crippen molar-refractivity contribution in [3.63, 3.8) is 0 Å². The molecule has 0 aliphatic heterocycles. The molecule has 1 N–H and O–H groups in total. The number of phenols is 1. The summed E-state index contributed by atoms with van der Waals surface area (Å²) in [5, 5.41) is 9.72. The standard InChI is InChI=1S/C16H12Cl2O2S/c1-21-12-6-2-10(3-7-12)13(19)8-4-11-5-9-14(20)16(18)15(11)17/h2-9,20H,1H3. The smallest absolute Gasteiger partial charge is 0.185 e. The van der Waals surface area contributed by atoms with Gasteiger partial charge in [0.1, 0.15) is 10.8 Å². The average molecular weight is 339 g/mol. The third-order valence-corrected chi connectivity index (χ3v) is 4.51. The first-order chi connectivity index (χ1) is 10.0. The van der Waals surface area contributed by atoms with Gasteiger partial charge in [-0.15, -0.1) is 11.8 Å². The lowest BCUT2D eigenvalue weighted by Crippen LogP contribution is -1.93. The van der Waals surface area contributed by atoms with Crippen molar-refractivity contribution in [3.8, 4) is 5.75 Å². The highest BCUT2D eigenvalue weighted by molar-refractivity contribution is 7.98. The van der Waals surface area contributed by atoms with Gasteiger partial charge in [-0.3, -0.25) is 4.79 Å². The van der Waals surface area contributed by atoms with Gasteiger partial charge in [0.25, 0.3) is 0 Å². The molecule has 0 radical (unpaired) electrons. The highest BCUT2D eigenvalue weighted by atomic mass is 35.5. The van der Waals surface area contributed by atoms with Gasteiger partial charge in [-0.25, -0.2) is 0 Å². The van der Waals surface area contributed by atoms with Crippen molar-refractivity contribution in [2.45, 2.75) is 4.90 Å². The van der Waals surface area contributed by atoms with Gasteiger partial charge >= 0.3 is 0 Å². The molecule has 0 unspecified atom stereocenters. The SMILES string of the molecule is CSc1ccc(C(=O)C=Cc2ccc(O)c(Cl)c2Cl)cc1. The van der Waals surface area contributed by atoms with Crippen LogP contribution in [0.4, 0.5) is 0 Å². The Bertz CT molecular complexity index is 694. The monoisotopic (exact) mass is 338 g/mol. The molecule has 0 saturated heterocycles. The van der Waals surface area contributed by atoms with E-state index >= 15 is 0 Å². The fourth-order valence-electron chi connectivity index (χ4n) is 1.70. The number of rotatable bonds is 4. The lowest BCUT2D eigenvalue weighted by Gasteiger charge is -2.03. The van der Waals surface area contributed by atoms with Crippen molar-refractivity contribution in [1.29, 1.82) is 0 Å². The molecule has 0 aliphatic carbocycles. The zero-order valence-electron chi connectivity index (χ0n) is 11.1. The second kappa shape index (κ2) is 7.03. The quantitative estimate of drug-likeness (QED) is 0.465. The second-order valence-corrected chi connectivity index (χ2v) is 5.86. The van der Waals surface area contributed by atoms with Gasteiger partial charge in [0.15, 0.2) is 5.78 Å². The van der Waals surface area contributed by atoms with Crippen LogP contribution in [0.25, 0.3) is 6.08 Å². The fraction of sp³-hybridized carbons (Fsp3) is 0.0625.